The van der Waals surface area contributed by atoms with E-state index in [1.165, 1.54) is 6.92 Å². The summed E-state index contributed by atoms with van der Waals surface area (Å²) in [6.45, 7) is 1.61. The molecule has 0 aromatic carbocycles. The number of nitrogens with one attached hydrogen (secondary N) is 2. The SMILES string of the molecule is CC(=O)NCC1(C(F)(F)F)CCNCC1. The van der Waals surface area contributed by atoms with Gasteiger partial charge < -0.3 is 10.6 Å². The van der Waals surface area contributed by atoms with E-state index in [0.29, 0.717) is 13.1 Å². The maximum absolute atomic E-state index is 12.9. The van der Waals surface area contributed by atoms with Gasteiger partial charge in [-0.1, -0.05) is 0 Å². The number of hydrogen-bond donors (Lipinski definition) is 2. The zero-order valence-corrected chi connectivity index (χ0v) is 8.58. The van der Waals surface area contributed by atoms with E-state index in [1.807, 2.05) is 0 Å². The van der Waals surface area contributed by atoms with Crippen molar-refractivity contribution in [1.29, 1.82) is 0 Å². The zero-order valence-electron chi connectivity index (χ0n) is 8.58. The number of carbonyl (C=O) groups is 1. The molecule has 88 valence electrons. The third-order valence-corrected chi connectivity index (χ3v) is 2.84. The number of amides is 1. The number of alkyl halides is 3. The highest BCUT2D eigenvalue weighted by atomic mass is 19.4. The Bertz CT molecular complexity index is 234. The average molecular weight is 224 g/mol. The standard InChI is InChI=1S/C9H15F3N2O/c1-7(15)14-6-8(9(10,11)12)2-4-13-5-3-8/h13H,2-6H2,1H3,(H,14,15). The van der Waals surface area contributed by atoms with Gasteiger partial charge in [-0.3, -0.25) is 4.79 Å². The topological polar surface area (TPSA) is 41.1 Å². The van der Waals surface area contributed by atoms with Gasteiger partial charge in [-0.25, -0.2) is 0 Å². The largest absolute Gasteiger partial charge is 0.396 e. The molecule has 0 unspecified atom stereocenters. The van der Waals surface area contributed by atoms with Crippen molar-refractivity contribution in [3.63, 3.8) is 0 Å². The molecule has 1 aliphatic heterocycles. The van der Waals surface area contributed by atoms with Gasteiger partial charge in [0.2, 0.25) is 5.91 Å². The predicted molar refractivity (Wildman–Crippen MR) is 49.3 cm³/mol. The molecule has 0 aromatic heterocycles. The normalized spacial score (nSPS) is 21.1. The summed E-state index contributed by atoms with van der Waals surface area (Å²) in [4.78, 5) is 10.7. The lowest BCUT2D eigenvalue weighted by atomic mass is 9.78. The van der Waals surface area contributed by atoms with E-state index in [4.69, 9.17) is 0 Å². The lowest BCUT2D eigenvalue weighted by Crippen LogP contribution is -2.52. The molecule has 0 saturated carbocycles. The van der Waals surface area contributed by atoms with Gasteiger partial charge in [-0.05, 0) is 25.9 Å². The van der Waals surface area contributed by atoms with Gasteiger partial charge >= 0.3 is 6.18 Å². The van der Waals surface area contributed by atoms with Crippen molar-refractivity contribution >= 4 is 5.91 Å². The lowest BCUT2D eigenvalue weighted by Gasteiger charge is -2.39. The van der Waals surface area contributed by atoms with E-state index < -0.39 is 17.5 Å². The van der Waals surface area contributed by atoms with Gasteiger partial charge in [0.05, 0.1) is 5.41 Å². The Balaban J connectivity index is 2.71. The van der Waals surface area contributed by atoms with E-state index in [9.17, 15) is 18.0 Å². The van der Waals surface area contributed by atoms with E-state index in [1.54, 1.807) is 0 Å². The fourth-order valence-electron chi connectivity index (χ4n) is 1.76. The Hall–Kier alpha value is -0.780. The molecule has 0 atom stereocenters. The van der Waals surface area contributed by atoms with Crippen LogP contribution in [0, 0.1) is 5.41 Å². The molecule has 0 aromatic rings. The van der Waals surface area contributed by atoms with Crippen LogP contribution in [0.4, 0.5) is 13.2 Å². The Morgan fingerprint density at radius 1 is 1.40 bits per heavy atom. The van der Waals surface area contributed by atoms with Gasteiger partial charge in [0, 0.05) is 13.5 Å². The second-order valence-corrected chi connectivity index (χ2v) is 3.94. The van der Waals surface area contributed by atoms with Crippen LogP contribution in [0.25, 0.3) is 0 Å². The molecule has 1 saturated heterocycles. The average Bonchev–Trinajstić information content (AvgIpc) is 2.14. The molecule has 3 nitrogen and oxygen atoms in total. The zero-order chi connectivity index (χ0) is 11.5. The van der Waals surface area contributed by atoms with Gasteiger partial charge in [0.15, 0.2) is 0 Å². The van der Waals surface area contributed by atoms with Crippen molar-refractivity contribution in [1.82, 2.24) is 10.6 Å². The van der Waals surface area contributed by atoms with Crippen molar-refractivity contribution in [3.05, 3.63) is 0 Å². The third-order valence-electron chi connectivity index (χ3n) is 2.84. The molecule has 0 bridgehead atoms. The first-order valence-corrected chi connectivity index (χ1v) is 4.89. The minimum atomic E-state index is -4.25. The van der Waals surface area contributed by atoms with Crippen LogP contribution in [0.5, 0.6) is 0 Å². The Kier molecular flexibility index (Phi) is 3.59. The van der Waals surface area contributed by atoms with Gasteiger partial charge in [0.1, 0.15) is 0 Å². The smallest absolute Gasteiger partial charge is 0.355 e. The van der Waals surface area contributed by atoms with Gasteiger partial charge in [-0.15, -0.1) is 0 Å². The summed E-state index contributed by atoms with van der Waals surface area (Å²) in [5.41, 5.74) is -1.75. The van der Waals surface area contributed by atoms with Crippen LogP contribution in [0.2, 0.25) is 0 Å². The van der Waals surface area contributed by atoms with Crippen LogP contribution in [0.1, 0.15) is 19.8 Å². The number of halogens is 3. The highest BCUT2D eigenvalue weighted by molar-refractivity contribution is 5.72. The van der Waals surface area contributed by atoms with E-state index >= 15 is 0 Å². The van der Waals surface area contributed by atoms with Crippen molar-refractivity contribution in [2.24, 2.45) is 5.41 Å². The Labute approximate surface area is 86.4 Å². The molecule has 6 heteroatoms. The summed E-state index contributed by atoms with van der Waals surface area (Å²) in [6, 6.07) is 0. The molecule has 1 aliphatic rings. The summed E-state index contributed by atoms with van der Waals surface area (Å²) in [5.74, 6) is -0.419. The van der Waals surface area contributed by atoms with E-state index in [-0.39, 0.29) is 19.4 Å². The van der Waals surface area contributed by atoms with Gasteiger partial charge in [0.25, 0.3) is 0 Å². The predicted octanol–water partition coefficient (Wildman–Crippen LogP) is 1.05. The Morgan fingerprint density at radius 3 is 2.33 bits per heavy atom. The monoisotopic (exact) mass is 224 g/mol. The molecular weight excluding hydrogens is 209 g/mol. The first-order chi connectivity index (χ1) is 6.87. The maximum Gasteiger partial charge on any atom is 0.396 e. The van der Waals surface area contributed by atoms with Crippen LogP contribution in [-0.4, -0.2) is 31.7 Å². The van der Waals surface area contributed by atoms with Crippen LogP contribution < -0.4 is 10.6 Å². The molecule has 0 radical (unpaired) electrons. The molecule has 2 N–H and O–H groups in total. The number of carbonyl (C=O) groups excluding carboxylic acids is 1. The highest BCUT2D eigenvalue weighted by Crippen LogP contribution is 2.44. The molecule has 1 amide bonds. The molecule has 1 heterocycles. The number of piperidine rings is 1. The van der Waals surface area contributed by atoms with Crippen LogP contribution >= 0.6 is 0 Å². The number of rotatable bonds is 2. The van der Waals surface area contributed by atoms with Gasteiger partial charge in [-0.2, -0.15) is 13.2 Å². The first kappa shape index (κ1) is 12.3. The third kappa shape index (κ3) is 2.84. The second-order valence-electron chi connectivity index (χ2n) is 3.94. The summed E-state index contributed by atoms with van der Waals surface area (Å²) < 4.78 is 38.6. The highest BCUT2D eigenvalue weighted by Gasteiger charge is 2.54. The molecule has 1 rings (SSSR count). The van der Waals surface area contributed by atoms with Crippen molar-refractivity contribution in [3.8, 4) is 0 Å². The van der Waals surface area contributed by atoms with Crippen molar-refractivity contribution < 1.29 is 18.0 Å². The molecule has 15 heavy (non-hydrogen) atoms. The number of hydrogen-bond acceptors (Lipinski definition) is 2. The quantitative estimate of drug-likeness (QED) is 0.736. The van der Waals surface area contributed by atoms with E-state index in [0.717, 1.165) is 0 Å². The molecule has 0 spiro atoms. The Morgan fingerprint density at radius 2 is 1.93 bits per heavy atom. The maximum atomic E-state index is 12.9. The lowest BCUT2D eigenvalue weighted by molar-refractivity contribution is -0.230. The van der Waals surface area contributed by atoms with Crippen LogP contribution in [0.3, 0.4) is 0 Å². The molecule has 1 fully saturated rings. The summed E-state index contributed by atoms with van der Waals surface area (Å²) in [5, 5.41) is 5.16. The fourth-order valence-corrected chi connectivity index (χ4v) is 1.76. The first-order valence-electron chi connectivity index (χ1n) is 4.89. The van der Waals surface area contributed by atoms with Crippen molar-refractivity contribution in [2.45, 2.75) is 25.9 Å². The molecule has 0 aliphatic carbocycles. The second kappa shape index (κ2) is 4.38. The van der Waals surface area contributed by atoms with Crippen LogP contribution in [0.15, 0.2) is 0 Å². The summed E-state index contributed by atoms with van der Waals surface area (Å²) >= 11 is 0. The minimum absolute atomic E-state index is 0.0246. The summed E-state index contributed by atoms with van der Waals surface area (Å²) in [6.07, 6.45) is -4.20. The van der Waals surface area contributed by atoms with Crippen LogP contribution in [-0.2, 0) is 4.79 Å². The van der Waals surface area contributed by atoms with E-state index in [2.05, 4.69) is 10.6 Å². The fraction of sp³-hybridized carbons (Fsp3) is 0.889. The molecular formula is C9H15F3N2O. The summed E-state index contributed by atoms with van der Waals surface area (Å²) in [7, 11) is 0. The van der Waals surface area contributed by atoms with Crippen molar-refractivity contribution in [2.75, 3.05) is 19.6 Å². The minimum Gasteiger partial charge on any atom is -0.355 e.